The van der Waals surface area contributed by atoms with E-state index >= 15 is 0 Å². The largest absolute Gasteiger partial charge is 0.308 e. The van der Waals surface area contributed by atoms with Crippen LogP contribution in [-0.2, 0) is 0 Å². The van der Waals surface area contributed by atoms with E-state index in [1.807, 2.05) is 11.3 Å². The van der Waals surface area contributed by atoms with Crippen molar-refractivity contribution in [2.24, 2.45) is 0 Å². The molecular weight excluding hydrogens is 322 g/mol. The Morgan fingerprint density at radius 2 is 2.26 bits per heavy atom. The zero-order valence-electron chi connectivity index (χ0n) is 12.0. The molecule has 108 valence electrons. The summed E-state index contributed by atoms with van der Waals surface area (Å²) in [5, 5.41) is 5.92. The first-order valence-corrected chi connectivity index (χ1v) is 8.65. The van der Waals surface area contributed by atoms with Crippen LogP contribution in [-0.4, -0.2) is 56.1 Å². The average molecular weight is 346 g/mol. The minimum atomic E-state index is 0.419. The molecule has 1 aromatic rings. The summed E-state index contributed by atoms with van der Waals surface area (Å²) in [6.45, 7) is 6.74. The van der Waals surface area contributed by atoms with Crippen molar-refractivity contribution in [1.82, 2.24) is 15.1 Å². The smallest absolute Gasteiger partial charge is 0.0596 e. The average Bonchev–Trinajstić information content (AvgIpc) is 2.80. The summed E-state index contributed by atoms with van der Waals surface area (Å²) in [6, 6.07) is 3.12. The van der Waals surface area contributed by atoms with Crippen LogP contribution >= 0.6 is 27.3 Å². The molecule has 1 aliphatic heterocycles. The number of likely N-dealkylation sites (N-methyl/N-ethyl adjacent to an activating group) is 2. The fourth-order valence-electron chi connectivity index (χ4n) is 2.63. The molecule has 0 radical (unpaired) electrons. The van der Waals surface area contributed by atoms with Gasteiger partial charge in [0.2, 0.25) is 0 Å². The Bertz CT molecular complexity index is 396. The van der Waals surface area contributed by atoms with Crippen molar-refractivity contribution in [3.63, 3.8) is 0 Å². The van der Waals surface area contributed by atoms with Gasteiger partial charge in [-0.3, -0.25) is 4.90 Å². The highest BCUT2D eigenvalue weighted by molar-refractivity contribution is 9.10. The normalized spacial score (nSPS) is 23.7. The molecule has 1 N–H and O–H groups in total. The van der Waals surface area contributed by atoms with Crippen molar-refractivity contribution in [2.75, 3.05) is 40.3 Å². The van der Waals surface area contributed by atoms with Gasteiger partial charge in [0.1, 0.15) is 0 Å². The number of piperazine rings is 1. The highest BCUT2D eigenvalue weighted by atomic mass is 79.9. The highest BCUT2D eigenvalue weighted by Gasteiger charge is 2.32. The molecule has 2 atom stereocenters. The summed E-state index contributed by atoms with van der Waals surface area (Å²) >= 11 is 5.55. The predicted octanol–water partition coefficient (Wildman–Crippen LogP) is 2.80. The van der Waals surface area contributed by atoms with E-state index < -0.39 is 0 Å². The molecule has 2 unspecified atom stereocenters. The Hall–Kier alpha value is 0.0600. The van der Waals surface area contributed by atoms with Crippen LogP contribution in [0, 0.1) is 0 Å². The highest BCUT2D eigenvalue weighted by Crippen LogP contribution is 2.33. The second-order valence-electron chi connectivity index (χ2n) is 5.37. The molecule has 2 rings (SSSR count). The SMILES string of the molecule is CCCNC(c1sccc1Br)C1CN(C)CCN1C. The molecule has 1 aliphatic rings. The van der Waals surface area contributed by atoms with E-state index in [0.717, 1.165) is 19.6 Å². The minimum Gasteiger partial charge on any atom is -0.308 e. The summed E-state index contributed by atoms with van der Waals surface area (Å²) in [5.41, 5.74) is 0. The molecule has 1 aromatic heterocycles. The number of halogens is 1. The summed E-state index contributed by atoms with van der Waals surface area (Å²) in [4.78, 5) is 6.37. The van der Waals surface area contributed by atoms with Crippen LogP contribution in [0.4, 0.5) is 0 Å². The third kappa shape index (κ3) is 3.79. The van der Waals surface area contributed by atoms with E-state index in [-0.39, 0.29) is 0 Å². The lowest BCUT2D eigenvalue weighted by Crippen LogP contribution is -2.55. The van der Waals surface area contributed by atoms with E-state index in [1.54, 1.807) is 0 Å². The lowest BCUT2D eigenvalue weighted by atomic mass is 10.0. The van der Waals surface area contributed by atoms with Gasteiger partial charge in [-0.2, -0.15) is 0 Å². The van der Waals surface area contributed by atoms with Crippen LogP contribution in [0.15, 0.2) is 15.9 Å². The van der Waals surface area contributed by atoms with Crippen LogP contribution in [0.3, 0.4) is 0 Å². The standard InChI is InChI=1S/C14H24BrN3S/c1-4-6-16-13(14-11(15)5-9-19-14)12-10-17(2)7-8-18(12)3/h5,9,12-13,16H,4,6-8,10H2,1-3H3. The molecule has 3 nitrogen and oxygen atoms in total. The Balaban J connectivity index is 2.19. The summed E-state index contributed by atoms with van der Waals surface area (Å²) in [7, 11) is 4.47. The van der Waals surface area contributed by atoms with Gasteiger partial charge in [-0.1, -0.05) is 6.92 Å². The molecule has 0 aliphatic carbocycles. The molecule has 19 heavy (non-hydrogen) atoms. The number of nitrogens with one attached hydrogen (secondary N) is 1. The summed E-state index contributed by atoms with van der Waals surface area (Å²) < 4.78 is 1.24. The maximum Gasteiger partial charge on any atom is 0.0596 e. The second kappa shape index (κ2) is 7.18. The molecule has 0 amide bonds. The van der Waals surface area contributed by atoms with Crippen LogP contribution < -0.4 is 5.32 Å². The first-order valence-electron chi connectivity index (χ1n) is 6.98. The zero-order chi connectivity index (χ0) is 13.8. The van der Waals surface area contributed by atoms with E-state index in [0.29, 0.717) is 12.1 Å². The van der Waals surface area contributed by atoms with Gasteiger partial charge in [0.05, 0.1) is 6.04 Å². The van der Waals surface area contributed by atoms with Gasteiger partial charge < -0.3 is 10.2 Å². The lowest BCUT2D eigenvalue weighted by Gasteiger charge is -2.42. The zero-order valence-corrected chi connectivity index (χ0v) is 14.4. The quantitative estimate of drug-likeness (QED) is 0.885. The first-order chi connectivity index (χ1) is 9.13. The van der Waals surface area contributed by atoms with E-state index in [2.05, 4.69) is 63.5 Å². The Morgan fingerprint density at radius 3 is 2.89 bits per heavy atom. The van der Waals surface area contributed by atoms with Crippen molar-refractivity contribution < 1.29 is 0 Å². The van der Waals surface area contributed by atoms with E-state index in [9.17, 15) is 0 Å². The molecule has 0 saturated carbocycles. The molecule has 5 heteroatoms. The maximum absolute atomic E-state index is 3.75. The number of thiophene rings is 1. The number of hydrogen-bond donors (Lipinski definition) is 1. The predicted molar refractivity (Wildman–Crippen MR) is 87.0 cm³/mol. The Kier molecular flexibility index (Phi) is 5.84. The number of nitrogens with zero attached hydrogens (tertiary/aromatic N) is 2. The third-order valence-corrected chi connectivity index (χ3v) is 5.78. The van der Waals surface area contributed by atoms with E-state index in [1.165, 1.54) is 22.3 Å². The minimum absolute atomic E-state index is 0.419. The van der Waals surface area contributed by atoms with Crippen molar-refractivity contribution in [1.29, 1.82) is 0 Å². The van der Waals surface area contributed by atoms with E-state index in [4.69, 9.17) is 0 Å². The van der Waals surface area contributed by atoms with Gasteiger partial charge in [0.25, 0.3) is 0 Å². The molecule has 0 aromatic carbocycles. The summed E-state index contributed by atoms with van der Waals surface area (Å²) in [5.74, 6) is 0. The number of hydrogen-bond acceptors (Lipinski definition) is 4. The van der Waals surface area contributed by atoms with Crippen molar-refractivity contribution in [3.8, 4) is 0 Å². The Labute approximate surface area is 129 Å². The third-order valence-electron chi connectivity index (χ3n) is 3.83. The molecule has 2 heterocycles. The monoisotopic (exact) mass is 345 g/mol. The van der Waals surface area contributed by atoms with Crippen LogP contribution in [0.2, 0.25) is 0 Å². The fraction of sp³-hybridized carbons (Fsp3) is 0.714. The van der Waals surface area contributed by atoms with Crippen LogP contribution in [0.25, 0.3) is 0 Å². The summed E-state index contributed by atoms with van der Waals surface area (Å²) in [6.07, 6.45) is 1.17. The van der Waals surface area contributed by atoms with Gasteiger partial charge in [-0.05, 0) is 54.4 Å². The van der Waals surface area contributed by atoms with Crippen LogP contribution in [0.1, 0.15) is 24.3 Å². The van der Waals surface area contributed by atoms with Crippen molar-refractivity contribution in [2.45, 2.75) is 25.4 Å². The van der Waals surface area contributed by atoms with Gasteiger partial charge in [0.15, 0.2) is 0 Å². The maximum atomic E-state index is 3.75. The molecular formula is C14H24BrN3S. The van der Waals surface area contributed by atoms with Gasteiger partial charge in [0, 0.05) is 35.0 Å². The van der Waals surface area contributed by atoms with Gasteiger partial charge >= 0.3 is 0 Å². The first kappa shape index (κ1) is 15.4. The Morgan fingerprint density at radius 1 is 1.47 bits per heavy atom. The molecule has 0 spiro atoms. The second-order valence-corrected chi connectivity index (χ2v) is 7.18. The van der Waals surface area contributed by atoms with Crippen molar-refractivity contribution >= 4 is 27.3 Å². The molecule has 0 bridgehead atoms. The number of rotatable bonds is 5. The van der Waals surface area contributed by atoms with Crippen LogP contribution in [0.5, 0.6) is 0 Å². The fourth-order valence-corrected chi connectivity index (χ4v) is 4.39. The van der Waals surface area contributed by atoms with Crippen molar-refractivity contribution in [3.05, 3.63) is 20.8 Å². The topological polar surface area (TPSA) is 18.5 Å². The van der Waals surface area contributed by atoms with Gasteiger partial charge in [-0.25, -0.2) is 0 Å². The lowest BCUT2D eigenvalue weighted by molar-refractivity contribution is 0.0883. The molecule has 1 fully saturated rings. The molecule has 1 saturated heterocycles. The van der Waals surface area contributed by atoms with Gasteiger partial charge in [-0.15, -0.1) is 11.3 Å².